The summed E-state index contributed by atoms with van der Waals surface area (Å²) in [5, 5.41) is 6.83. The van der Waals surface area contributed by atoms with E-state index in [1.807, 2.05) is 27.0 Å². The Morgan fingerprint density at radius 2 is 2.36 bits per heavy atom. The molecule has 4 nitrogen and oxygen atoms in total. The zero-order chi connectivity index (χ0) is 10.8. The molecule has 0 aliphatic rings. The molecule has 78 valence electrons. The summed E-state index contributed by atoms with van der Waals surface area (Å²) in [4.78, 5) is 11.5. The van der Waals surface area contributed by atoms with Gasteiger partial charge in [-0.2, -0.15) is 5.10 Å². The molecule has 1 aromatic heterocycles. The molecule has 0 aliphatic heterocycles. The van der Waals surface area contributed by atoms with Crippen LogP contribution in [-0.4, -0.2) is 20.0 Å². The van der Waals surface area contributed by atoms with Crippen LogP contribution in [0.1, 0.15) is 19.5 Å². The van der Waals surface area contributed by atoms with Crippen LogP contribution in [0.15, 0.2) is 12.3 Å². The summed E-state index contributed by atoms with van der Waals surface area (Å²) in [6, 6.07) is 1.88. The monoisotopic (exact) mass is 259 g/mol. The minimum absolute atomic E-state index is 0.0290. The summed E-state index contributed by atoms with van der Waals surface area (Å²) in [6.07, 6.45) is 1.71. The average Bonchev–Trinajstić information content (AvgIpc) is 2.45. The fourth-order valence-corrected chi connectivity index (χ4v) is 1.10. The van der Waals surface area contributed by atoms with Gasteiger partial charge in [0, 0.05) is 13.2 Å². The number of amides is 1. The van der Waals surface area contributed by atoms with Gasteiger partial charge in [0.1, 0.15) is 0 Å². The van der Waals surface area contributed by atoms with E-state index in [0.29, 0.717) is 6.54 Å². The molecular weight excluding hydrogens is 246 g/mol. The summed E-state index contributed by atoms with van der Waals surface area (Å²) < 4.78 is 1.22. The molecule has 0 saturated heterocycles. The van der Waals surface area contributed by atoms with Crippen molar-refractivity contribution >= 4 is 21.8 Å². The molecule has 1 amide bonds. The largest absolute Gasteiger partial charge is 0.349 e. The predicted molar refractivity (Wildman–Crippen MR) is 58.1 cm³/mol. The third-order valence-electron chi connectivity index (χ3n) is 1.89. The fourth-order valence-electron chi connectivity index (χ4n) is 0.956. The lowest BCUT2D eigenvalue weighted by atomic mass is 10.2. The molecule has 0 spiro atoms. The second kappa shape index (κ2) is 4.13. The van der Waals surface area contributed by atoms with Crippen LogP contribution < -0.4 is 5.32 Å². The quantitative estimate of drug-likeness (QED) is 0.830. The van der Waals surface area contributed by atoms with E-state index < -0.39 is 4.32 Å². The minimum atomic E-state index is -0.522. The summed E-state index contributed by atoms with van der Waals surface area (Å²) in [5.41, 5.74) is 0.982. The molecule has 1 N–H and O–H groups in total. The van der Waals surface area contributed by atoms with Crippen molar-refractivity contribution in [1.29, 1.82) is 0 Å². The number of carbonyl (C=O) groups excluding carboxylic acids is 1. The molecule has 0 unspecified atom stereocenters. The summed E-state index contributed by atoms with van der Waals surface area (Å²) in [7, 11) is 1.85. The lowest BCUT2D eigenvalue weighted by Crippen LogP contribution is -2.37. The Balaban J connectivity index is 2.50. The van der Waals surface area contributed by atoms with Crippen molar-refractivity contribution in [3.63, 3.8) is 0 Å². The number of aromatic nitrogens is 2. The average molecular weight is 260 g/mol. The number of halogens is 1. The van der Waals surface area contributed by atoms with Gasteiger partial charge in [-0.3, -0.25) is 9.48 Å². The van der Waals surface area contributed by atoms with Crippen LogP contribution in [0.2, 0.25) is 0 Å². The lowest BCUT2D eigenvalue weighted by Gasteiger charge is -2.15. The Morgan fingerprint density at radius 3 is 2.79 bits per heavy atom. The first-order valence-corrected chi connectivity index (χ1v) is 5.14. The van der Waals surface area contributed by atoms with E-state index in [2.05, 4.69) is 26.3 Å². The molecule has 0 aliphatic carbocycles. The molecule has 1 rings (SSSR count). The summed E-state index contributed by atoms with van der Waals surface area (Å²) >= 11 is 3.29. The van der Waals surface area contributed by atoms with E-state index in [1.165, 1.54) is 0 Å². The normalized spacial score (nSPS) is 11.4. The van der Waals surface area contributed by atoms with Crippen molar-refractivity contribution in [3.8, 4) is 0 Å². The smallest absolute Gasteiger partial charge is 0.236 e. The number of rotatable bonds is 3. The Bertz CT molecular complexity index is 327. The van der Waals surface area contributed by atoms with E-state index in [-0.39, 0.29) is 5.91 Å². The van der Waals surface area contributed by atoms with E-state index in [4.69, 9.17) is 0 Å². The third kappa shape index (κ3) is 2.83. The lowest BCUT2D eigenvalue weighted by molar-refractivity contribution is -0.122. The van der Waals surface area contributed by atoms with Gasteiger partial charge in [-0.15, -0.1) is 0 Å². The molecular formula is C9H14BrN3O. The number of hydrogen-bond donors (Lipinski definition) is 1. The van der Waals surface area contributed by atoms with Gasteiger partial charge in [-0.25, -0.2) is 0 Å². The highest BCUT2D eigenvalue weighted by molar-refractivity contribution is 9.10. The molecule has 0 atom stereocenters. The van der Waals surface area contributed by atoms with Crippen molar-refractivity contribution in [2.75, 3.05) is 0 Å². The first-order valence-electron chi connectivity index (χ1n) is 4.35. The predicted octanol–water partition coefficient (Wildman–Crippen LogP) is 1.21. The van der Waals surface area contributed by atoms with Crippen LogP contribution >= 0.6 is 15.9 Å². The maximum atomic E-state index is 11.5. The number of alkyl halides is 1. The van der Waals surface area contributed by atoms with Crippen molar-refractivity contribution in [3.05, 3.63) is 18.0 Å². The summed E-state index contributed by atoms with van der Waals surface area (Å²) in [5.74, 6) is -0.0290. The van der Waals surface area contributed by atoms with Crippen LogP contribution in [0.3, 0.4) is 0 Å². The number of nitrogens with one attached hydrogen (secondary N) is 1. The van der Waals surface area contributed by atoms with Gasteiger partial charge in [-0.05, 0) is 19.9 Å². The van der Waals surface area contributed by atoms with Crippen molar-refractivity contribution in [1.82, 2.24) is 15.1 Å². The van der Waals surface area contributed by atoms with Crippen molar-refractivity contribution in [2.24, 2.45) is 7.05 Å². The third-order valence-corrected chi connectivity index (χ3v) is 2.25. The van der Waals surface area contributed by atoms with E-state index in [1.54, 1.807) is 10.9 Å². The molecule has 14 heavy (non-hydrogen) atoms. The molecule has 0 radical (unpaired) electrons. The van der Waals surface area contributed by atoms with Gasteiger partial charge in [0.25, 0.3) is 0 Å². The van der Waals surface area contributed by atoms with Gasteiger partial charge in [0.15, 0.2) is 0 Å². The molecule has 5 heteroatoms. The maximum absolute atomic E-state index is 11.5. The molecule has 0 fully saturated rings. The van der Waals surface area contributed by atoms with Gasteiger partial charge in [-0.1, -0.05) is 15.9 Å². The number of nitrogens with zero attached hydrogens (tertiary/aromatic N) is 2. The maximum Gasteiger partial charge on any atom is 0.236 e. The molecule has 0 aromatic carbocycles. The van der Waals surface area contributed by atoms with Crippen LogP contribution in [0, 0.1) is 0 Å². The highest BCUT2D eigenvalue weighted by Crippen LogP contribution is 2.15. The Hall–Kier alpha value is -0.840. The SMILES string of the molecule is Cn1nccc1CNC(=O)C(C)(C)Br. The second-order valence-electron chi connectivity index (χ2n) is 3.60. The van der Waals surface area contributed by atoms with E-state index in [0.717, 1.165) is 5.69 Å². The second-order valence-corrected chi connectivity index (χ2v) is 5.58. The van der Waals surface area contributed by atoms with Crippen LogP contribution in [-0.2, 0) is 18.4 Å². The number of hydrogen-bond acceptors (Lipinski definition) is 2. The van der Waals surface area contributed by atoms with Crippen molar-refractivity contribution < 1.29 is 4.79 Å². The highest BCUT2D eigenvalue weighted by Gasteiger charge is 2.23. The zero-order valence-electron chi connectivity index (χ0n) is 8.54. The van der Waals surface area contributed by atoms with Gasteiger partial charge in [0.2, 0.25) is 5.91 Å². The number of carbonyl (C=O) groups is 1. The standard InChI is InChI=1S/C9H14BrN3O/c1-9(2,10)8(14)11-6-7-4-5-12-13(7)3/h4-5H,6H2,1-3H3,(H,11,14). The highest BCUT2D eigenvalue weighted by atomic mass is 79.9. The Kier molecular flexibility index (Phi) is 3.31. The van der Waals surface area contributed by atoms with Crippen LogP contribution in [0.5, 0.6) is 0 Å². The Labute approximate surface area is 91.8 Å². The van der Waals surface area contributed by atoms with Crippen LogP contribution in [0.25, 0.3) is 0 Å². The van der Waals surface area contributed by atoms with E-state index >= 15 is 0 Å². The van der Waals surface area contributed by atoms with Crippen LogP contribution in [0.4, 0.5) is 0 Å². The zero-order valence-corrected chi connectivity index (χ0v) is 10.1. The molecule has 0 bridgehead atoms. The fraction of sp³-hybridized carbons (Fsp3) is 0.556. The van der Waals surface area contributed by atoms with Gasteiger partial charge in [0.05, 0.1) is 16.6 Å². The van der Waals surface area contributed by atoms with Gasteiger partial charge < -0.3 is 5.32 Å². The first-order chi connectivity index (χ1) is 6.41. The molecule has 1 aromatic rings. The molecule has 0 saturated carbocycles. The molecule has 1 heterocycles. The first kappa shape index (κ1) is 11.2. The summed E-state index contributed by atoms with van der Waals surface area (Å²) in [6.45, 7) is 4.13. The van der Waals surface area contributed by atoms with E-state index in [9.17, 15) is 4.79 Å². The van der Waals surface area contributed by atoms with Crippen molar-refractivity contribution in [2.45, 2.75) is 24.7 Å². The topological polar surface area (TPSA) is 46.9 Å². The minimum Gasteiger partial charge on any atom is -0.349 e. The van der Waals surface area contributed by atoms with Gasteiger partial charge >= 0.3 is 0 Å². The Morgan fingerprint density at radius 1 is 1.71 bits per heavy atom. The number of aryl methyl sites for hydroxylation is 1.